The lowest BCUT2D eigenvalue weighted by Gasteiger charge is -1.92. The van der Waals surface area contributed by atoms with Crippen LogP contribution in [0.2, 0.25) is 0 Å². The summed E-state index contributed by atoms with van der Waals surface area (Å²) in [6.07, 6.45) is 6.64. The fourth-order valence-corrected chi connectivity index (χ4v) is 1.61. The fourth-order valence-electron chi connectivity index (χ4n) is 1.28. The highest BCUT2D eigenvalue weighted by Gasteiger charge is 2.01. The van der Waals surface area contributed by atoms with Gasteiger partial charge < -0.3 is 5.32 Å². The minimum absolute atomic E-state index is 0.749. The summed E-state index contributed by atoms with van der Waals surface area (Å²) < 4.78 is 2.89. The van der Waals surface area contributed by atoms with Gasteiger partial charge >= 0.3 is 0 Å². The molecule has 5 heteroatoms. The lowest BCUT2D eigenvalue weighted by atomic mass is 10.3. The van der Waals surface area contributed by atoms with Crippen molar-refractivity contribution in [3.8, 4) is 0 Å². The van der Waals surface area contributed by atoms with E-state index in [1.165, 1.54) is 0 Å². The summed E-state index contributed by atoms with van der Waals surface area (Å²) in [6, 6.07) is 0. The molecule has 0 radical (unpaired) electrons. The number of likely N-dealkylation sites (N-methyl/N-ethyl adjacent to an activating group) is 1. The molecule has 74 valence electrons. The summed E-state index contributed by atoms with van der Waals surface area (Å²) in [4.78, 5) is 8.58. The molecule has 0 spiro atoms. The minimum atomic E-state index is 0.749. The van der Waals surface area contributed by atoms with Crippen LogP contribution in [0.5, 0.6) is 0 Å². The topological polar surface area (TPSA) is 42.2 Å². The molecule has 0 aliphatic carbocycles. The molecule has 0 amide bonds. The molecule has 0 aliphatic rings. The maximum absolute atomic E-state index is 4.38. The second-order valence-corrected chi connectivity index (χ2v) is 3.98. The molecule has 1 N–H and O–H groups in total. The first-order valence-corrected chi connectivity index (χ1v) is 5.22. The summed E-state index contributed by atoms with van der Waals surface area (Å²) >= 11 is 3.37. The molecule has 0 saturated carbocycles. The Morgan fingerprint density at radius 2 is 2.36 bits per heavy atom. The van der Waals surface area contributed by atoms with E-state index in [2.05, 4.69) is 31.2 Å². The quantitative estimate of drug-likeness (QED) is 0.897. The van der Waals surface area contributed by atoms with Crippen LogP contribution in [-0.2, 0) is 6.42 Å². The highest BCUT2D eigenvalue weighted by molar-refractivity contribution is 9.10. The number of nitrogens with zero attached hydrogens (tertiary/aromatic N) is 3. The SMILES string of the molecule is CNCCc1cn2cc(Br)cnc2n1. The Balaban J connectivity index is 2.32. The second-order valence-electron chi connectivity index (χ2n) is 3.07. The van der Waals surface area contributed by atoms with Crippen molar-refractivity contribution in [2.45, 2.75) is 6.42 Å². The maximum atomic E-state index is 4.38. The molecule has 0 fully saturated rings. The van der Waals surface area contributed by atoms with E-state index >= 15 is 0 Å². The summed E-state index contributed by atoms with van der Waals surface area (Å²) in [5.74, 6) is 0.749. The van der Waals surface area contributed by atoms with Crippen molar-refractivity contribution in [3.05, 3.63) is 28.8 Å². The number of halogens is 1. The Morgan fingerprint density at radius 3 is 3.14 bits per heavy atom. The molecule has 0 unspecified atom stereocenters. The van der Waals surface area contributed by atoms with Crippen molar-refractivity contribution in [2.24, 2.45) is 0 Å². The van der Waals surface area contributed by atoms with Crippen LogP contribution in [0.15, 0.2) is 23.1 Å². The number of hydrogen-bond acceptors (Lipinski definition) is 3. The van der Waals surface area contributed by atoms with E-state index in [4.69, 9.17) is 0 Å². The van der Waals surface area contributed by atoms with E-state index in [0.717, 1.165) is 28.9 Å². The van der Waals surface area contributed by atoms with Crippen LogP contribution in [-0.4, -0.2) is 28.0 Å². The van der Waals surface area contributed by atoms with Gasteiger partial charge in [-0.1, -0.05) is 0 Å². The number of hydrogen-bond donors (Lipinski definition) is 1. The van der Waals surface area contributed by atoms with Gasteiger partial charge in [0.1, 0.15) is 0 Å². The van der Waals surface area contributed by atoms with Crippen molar-refractivity contribution in [1.82, 2.24) is 19.7 Å². The molecule has 2 heterocycles. The standard InChI is InChI=1S/C9H11BrN4/c1-11-3-2-8-6-14-5-7(10)4-12-9(14)13-8/h4-6,11H,2-3H2,1H3. The molecule has 2 rings (SSSR count). The highest BCUT2D eigenvalue weighted by atomic mass is 79.9. The molecule has 0 saturated heterocycles. The van der Waals surface area contributed by atoms with Crippen molar-refractivity contribution < 1.29 is 0 Å². The van der Waals surface area contributed by atoms with Gasteiger partial charge in [0.2, 0.25) is 5.78 Å². The smallest absolute Gasteiger partial charge is 0.233 e. The van der Waals surface area contributed by atoms with Crippen LogP contribution in [0.1, 0.15) is 5.69 Å². The Morgan fingerprint density at radius 1 is 1.50 bits per heavy atom. The zero-order valence-electron chi connectivity index (χ0n) is 7.87. The van der Waals surface area contributed by atoms with Gasteiger partial charge in [-0.2, -0.15) is 0 Å². The molecule has 4 nitrogen and oxygen atoms in total. The normalized spacial score (nSPS) is 11.0. The monoisotopic (exact) mass is 254 g/mol. The molecular weight excluding hydrogens is 244 g/mol. The van der Waals surface area contributed by atoms with Gasteiger partial charge in [-0.15, -0.1) is 0 Å². The Kier molecular flexibility index (Phi) is 2.79. The van der Waals surface area contributed by atoms with Gasteiger partial charge in [0.15, 0.2) is 0 Å². The van der Waals surface area contributed by atoms with Gasteiger partial charge in [0.25, 0.3) is 0 Å². The lowest BCUT2D eigenvalue weighted by Crippen LogP contribution is -2.10. The second kappa shape index (κ2) is 4.06. The molecule has 0 aromatic carbocycles. The number of nitrogens with one attached hydrogen (secondary N) is 1. The van der Waals surface area contributed by atoms with Crippen LogP contribution < -0.4 is 5.32 Å². The maximum Gasteiger partial charge on any atom is 0.233 e. The van der Waals surface area contributed by atoms with Crippen molar-refractivity contribution in [2.75, 3.05) is 13.6 Å². The molecule has 2 aromatic heterocycles. The number of fused-ring (bicyclic) bond motifs is 1. The lowest BCUT2D eigenvalue weighted by molar-refractivity contribution is 0.780. The van der Waals surface area contributed by atoms with E-state index < -0.39 is 0 Å². The molecule has 2 aromatic rings. The van der Waals surface area contributed by atoms with Gasteiger partial charge in [-0.05, 0) is 23.0 Å². The number of imidazole rings is 1. The number of rotatable bonds is 3. The van der Waals surface area contributed by atoms with Crippen LogP contribution >= 0.6 is 15.9 Å². The van der Waals surface area contributed by atoms with Crippen LogP contribution in [0.4, 0.5) is 0 Å². The number of aromatic nitrogens is 3. The zero-order valence-corrected chi connectivity index (χ0v) is 9.45. The van der Waals surface area contributed by atoms with Crippen molar-refractivity contribution in [3.63, 3.8) is 0 Å². The van der Waals surface area contributed by atoms with E-state index in [-0.39, 0.29) is 0 Å². The van der Waals surface area contributed by atoms with E-state index in [1.807, 2.05) is 23.8 Å². The van der Waals surface area contributed by atoms with E-state index in [0.29, 0.717) is 0 Å². The fraction of sp³-hybridized carbons (Fsp3) is 0.333. The minimum Gasteiger partial charge on any atom is -0.319 e. The van der Waals surface area contributed by atoms with Crippen LogP contribution in [0, 0.1) is 0 Å². The van der Waals surface area contributed by atoms with E-state index in [1.54, 1.807) is 6.20 Å². The Labute approximate surface area is 90.5 Å². The molecule has 14 heavy (non-hydrogen) atoms. The predicted molar refractivity (Wildman–Crippen MR) is 58.3 cm³/mol. The predicted octanol–water partition coefficient (Wildman–Crippen LogP) is 1.25. The van der Waals surface area contributed by atoms with Crippen molar-refractivity contribution >= 4 is 21.7 Å². The Bertz CT molecular complexity index is 437. The molecule has 0 bridgehead atoms. The van der Waals surface area contributed by atoms with Gasteiger partial charge in [0.05, 0.1) is 10.2 Å². The molecule has 0 aliphatic heterocycles. The van der Waals surface area contributed by atoms with Crippen LogP contribution in [0.25, 0.3) is 5.78 Å². The third-order valence-electron chi connectivity index (χ3n) is 1.96. The van der Waals surface area contributed by atoms with Gasteiger partial charge in [-0.25, -0.2) is 9.97 Å². The molecular formula is C9H11BrN4. The average molecular weight is 255 g/mol. The largest absolute Gasteiger partial charge is 0.319 e. The highest BCUT2D eigenvalue weighted by Crippen LogP contribution is 2.09. The summed E-state index contributed by atoms with van der Waals surface area (Å²) in [5.41, 5.74) is 1.06. The third-order valence-corrected chi connectivity index (χ3v) is 2.37. The molecule has 0 atom stereocenters. The first-order chi connectivity index (χ1) is 6.79. The van der Waals surface area contributed by atoms with Gasteiger partial charge in [0, 0.05) is 31.6 Å². The zero-order chi connectivity index (χ0) is 9.97. The summed E-state index contributed by atoms with van der Waals surface area (Å²) in [6.45, 7) is 0.936. The third kappa shape index (κ3) is 1.93. The van der Waals surface area contributed by atoms with E-state index in [9.17, 15) is 0 Å². The summed E-state index contributed by atoms with van der Waals surface area (Å²) in [7, 11) is 1.94. The van der Waals surface area contributed by atoms with Crippen molar-refractivity contribution in [1.29, 1.82) is 0 Å². The van der Waals surface area contributed by atoms with Gasteiger partial charge in [-0.3, -0.25) is 4.40 Å². The first-order valence-electron chi connectivity index (χ1n) is 4.43. The first kappa shape index (κ1) is 9.61. The summed E-state index contributed by atoms with van der Waals surface area (Å²) in [5, 5.41) is 3.09. The van der Waals surface area contributed by atoms with Crippen LogP contribution in [0.3, 0.4) is 0 Å². The average Bonchev–Trinajstić information content (AvgIpc) is 2.56. The Hall–Kier alpha value is -0.940.